The summed E-state index contributed by atoms with van der Waals surface area (Å²) in [5, 5.41) is 2.92. The van der Waals surface area contributed by atoms with Crippen LogP contribution in [0, 0.1) is 0 Å². The Labute approximate surface area is 306 Å². The molecular weight excluding hydrogens is 651 g/mol. The molecule has 7 aromatic rings. The van der Waals surface area contributed by atoms with E-state index in [1.807, 2.05) is 48.5 Å². The van der Waals surface area contributed by atoms with Crippen molar-refractivity contribution in [2.24, 2.45) is 0 Å². The lowest BCUT2D eigenvalue weighted by molar-refractivity contribution is -0.111. The quantitative estimate of drug-likeness (QED) is 0.152. The molecule has 2 aliphatic rings. The smallest absolute Gasteiger partial charge is 0.247 e. The maximum Gasteiger partial charge on any atom is 0.247 e. The predicted molar refractivity (Wildman–Crippen MR) is 219 cm³/mol. The number of rotatable bonds is 6. The first-order valence-corrected chi connectivity index (χ1v) is 17.5. The predicted octanol–water partition coefficient (Wildman–Crippen LogP) is 11.4. The van der Waals surface area contributed by atoms with Gasteiger partial charge in [-0.15, -0.1) is 0 Å². The summed E-state index contributed by atoms with van der Waals surface area (Å²) in [4.78, 5) is 30.4. The summed E-state index contributed by atoms with van der Waals surface area (Å²) in [6, 6.07) is 47.5. The number of anilines is 1. The first-order valence-electron chi connectivity index (χ1n) is 17.5. The zero-order chi connectivity index (χ0) is 35.7. The number of carbonyl (C=O) groups excluding carboxylic acids is 1. The highest BCUT2D eigenvalue weighted by atomic mass is 16.1. The molecule has 0 aliphatic carbocycles. The molecule has 53 heavy (non-hydrogen) atoms. The van der Waals surface area contributed by atoms with Crippen LogP contribution in [0.1, 0.15) is 22.8 Å². The molecule has 6 nitrogen and oxygen atoms in total. The summed E-state index contributed by atoms with van der Waals surface area (Å²) >= 11 is 0. The number of hydrogen-bond donors (Lipinski definition) is 3. The van der Waals surface area contributed by atoms with Gasteiger partial charge in [0.1, 0.15) is 0 Å². The Bertz CT molecular complexity index is 2770. The van der Waals surface area contributed by atoms with Gasteiger partial charge in [0.05, 0.1) is 28.3 Å². The van der Waals surface area contributed by atoms with Crippen LogP contribution in [0.4, 0.5) is 5.69 Å². The van der Waals surface area contributed by atoms with Crippen LogP contribution in [-0.2, 0) is 4.79 Å². The Morgan fingerprint density at radius 3 is 1.72 bits per heavy atom. The minimum absolute atomic E-state index is 0.267. The molecule has 3 N–H and O–H groups in total. The summed E-state index contributed by atoms with van der Waals surface area (Å²) in [5.74, 6) is -0.267. The number of nitrogens with zero attached hydrogens (tertiary/aromatic N) is 2. The zero-order valence-electron chi connectivity index (χ0n) is 28.7. The maximum atomic E-state index is 12.3. The van der Waals surface area contributed by atoms with Crippen LogP contribution in [0.15, 0.2) is 152 Å². The van der Waals surface area contributed by atoms with Crippen LogP contribution in [0.2, 0.25) is 0 Å². The first-order chi connectivity index (χ1) is 26.1. The van der Waals surface area contributed by atoms with Gasteiger partial charge in [-0.1, -0.05) is 110 Å². The second kappa shape index (κ2) is 13.4. The van der Waals surface area contributed by atoms with Gasteiger partial charge in [0, 0.05) is 44.5 Å². The molecule has 9 rings (SSSR count). The summed E-state index contributed by atoms with van der Waals surface area (Å²) in [6.45, 7) is 3.62. The van der Waals surface area contributed by atoms with Gasteiger partial charge < -0.3 is 15.3 Å². The van der Waals surface area contributed by atoms with Crippen molar-refractivity contribution in [3.63, 3.8) is 0 Å². The third-order valence-corrected chi connectivity index (χ3v) is 9.50. The second-order valence-corrected chi connectivity index (χ2v) is 12.9. The Morgan fingerprint density at radius 2 is 1.09 bits per heavy atom. The topological polar surface area (TPSA) is 86.5 Å². The minimum atomic E-state index is -0.267. The van der Waals surface area contributed by atoms with E-state index in [0.29, 0.717) is 5.69 Å². The van der Waals surface area contributed by atoms with Crippen LogP contribution in [0.3, 0.4) is 0 Å². The first kappa shape index (κ1) is 31.7. The molecule has 4 aromatic carbocycles. The summed E-state index contributed by atoms with van der Waals surface area (Å²) < 4.78 is 0. The molecule has 3 aromatic heterocycles. The number of fused-ring (bicyclic) bond motifs is 8. The molecule has 0 saturated heterocycles. The van der Waals surface area contributed by atoms with Crippen molar-refractivity contribution in [2.45, 2.75) is 0 Å². The fraction of sp³-hybridized carbons (Fsp3) is 0. The Hall–Kier alpha value is -7.31. The van der Waals surface area contributed by atoms with Crippen molar-refractivity contribution >= 4 is 58.0 Å². The van der Waals surface area contributed by atoms with Gasteiger partial charge in [-0.2, -0.15) is 0 Å². The van der Waals surface area contributed by atoms with Gasteiger partial charge in [-0.05, 0) is 89.0 Å². The lowest BCUT2D eigenvalue weighted by atomic mass is 9.98. The van der Waals surface area contributed by atoms with E-state index in [-0.39, 0.29) is 5.91 Å². The summed E-state index contributed by atoms with van der Waals surface area (Å²) in [6.07, 6.45) is 9.61. The number of amides is 1. The Morgan fingerprint density at radius 1 is 0.547 bits per heavy atom. The number of aromatic amines is 2. The number of aromatic nitrogens is 4. The molecule has 8 bridgehead atoms. The van der Waals surface area contributed by atoms with E-state index in [1.165, 1.54) is 6.08 Å². The fourth-order valence-corrected chi connectivity index (χ4v) is 7.14. The van der Waals surface area contributed by atoms with Gasteiger partial charge >= 0.3 is 0 Å². The van der Waals surface area contributed by atoms with Gasteiger partial charge in [-0.3, -0.25) is 4.79 Å². The Balaban J connectivity index is 1.44. The minimum Gasteiger partial charge on any atom is -0.354 e. The van der Waals surface area contributed by atoms with Crippen molar-refractivity contribution in [2.75, 3.05) is 5.32 Å². The van der Waals surface area contributed by atoms with Crippen molar-refractivity contribution in [1.82, 2.24) is 19.9 Å². The van der Waals surface area contributed by atoms with E-state index in [2.05, 4.69) is 137 Å². The van der Waals surface area contributed by atoms with E-state index in [4.69, 9.17) is 9.97 Å². The molecule has 2 aliphatic heterocycles. The number of benzene rings is 4. The lowest BCUT2D eigenvalue weighted by Crippen LogP contribution is -2.06. The summed E-state index contributed by atoms with van der Waals surface area (Å²) in [5.41, 5.74) is 15.7. The zero-order valence-corrected chi connectivity index (χ0v) is 28.7. The molecule has 6 heteroatoms. The molecule has 5 heterocycles. The van der Waals surface area contributed by atoms with Crippen molar-refractivity contribution in [3.8, 4) is 44.5 Å². The van der Waals surface area contributed by atoms with Gasteiger partial charge in [-0.25, -0.2) is 9.97 Å². The van der Waals surface area contributed by atoms with Crippen LogP contribution < -0.4 is 5.32 Å². The number of carbonyl (C=O) groups is 1. The van der Waals surface area contributed by atoms with E-state index in [1.54, 1.807) is 0 Å². The van der Waals surface area contributed by atoms with Crippen molar-refractivity contribution in [3.05, 3.63) is 175 Å². The third-order valence-electron chi connectivity index (χ3n) is 9.50. The molecule has 252 valence electrons. The maximum absolute atomic E-state index is 12.3. The van der Waals surface area contributed by atoms with Crippen LogP contribution in [0.5, 0.6) is 0 Å². The molecule has 0 spiro atoms. The van der Waals surface area contributed by atoms with E-state index in [0.717, 1.165) is 89.4 Å². The van der Waals surface area contributed by atoms with Crippen LogP contribution in [0.25, 0.3) is 90.9 Å². The van der Waals surface area contributed by atoms with Crippen molar-refractivity contribution in [1.29, 1.82) is 0 Å². The molecule has 0 fully saturated rings. The average Bonchev–Trinajstić information content (AvgIpc) is 4.03. The molecular formula is C47H33N5O. The third kappa shape index (κ3) is 6.09. The normalized spacial score (nSPS) is 11.8. The molecule has 0 saturated carbocycles. The highest BCUT2D eigenvalue weighted by molar-refractivity contribution is 6.03. The van der Waals surface area contributed by atoms with E-state index >= 15 is 0 Å². The SMILES string of the molecule is C=CC(=O)Nc1cccc(-c2cc3cc4nc(c(-c5ccccc5)c5ccc([nH]5)c(-c5ccccc5)c5nc(c(-c6ccccc6)c2[nH]3)C=C5)C=C4)c1. The van der Waals surface area contributed by atoms with Gasteiger partial charge in [0.15, 0.2) is 0 Å². The number of hydrogen-bond acceptors (Lipinski definition) is 3. The fourth-order valence-electron chi connectivity index (χ4n) is 7.14. The molecule has 1 amide bonds. The van der Waals surface area contributed by atoms with Gasteiger partial charge in [0.25, 0.3) is 0 Å². The molecule has 0 unspecified atom stereocenters. The summed E-state index contributed by atoms with van der Waals surface area (Å²) in [7, 11) is 0. The van der Waals surface area contributed by atoms with Crippen LogP contribution >= 0.6 is 0 Å². The second-order valence-electron chi connectivity index (χ2n) is 12.9. The largest absolute Gasteiger partial charge is 0.354 e. The standard InChI is InChI=1S/C47H33N5O/c1-2-43(53)49-34-20-12-19-33(27-34)37-29-36-28-35-21-22-38(48-35)44(30-13-6-3-7-14-30)39-23-24-40(51-39)45(31-15-8-4-9-16-31)41-25-26-42(52-41)46(47(37)50-36)32-17-10-5-11-18-32/h2-29,50-51H,1H2,(H,49,53). The highest BCUT2D eigenvalue weighted by Gasteiger charge is 2.19. The number of nitrogens with one attached hydrogen (secondary N) is 3. The Kier molecular flexibility index (Phi) is 8.02. The van der Waals surface area contributed by atoms with Gasteiger partial charge in [0.2, 0.25) is 5.91 Å². The monoisotopic (exact) mass is 683 g/mol. The van der Waals surface area contributed by atoms with E-state index in [9.17, 15) is 4.79 Å². The van der Waals surface area contributed by atoms with Crippen LogP contribution in [-0.4, -0.2) is 25.8 Å². The average molecular weight is 684 g/mol. The highest BCUT2D eigenvalue weighted by Crippen LogP contribution is 2.39. The molecule has 0 atom stereocenters. The molecule has 0 radical (unpaired) electrons. The number of H-pyrrole nitrogens is 2. The lowest BCUT2D eigenvalue weighted by Gasteiger charge is -2.09. The van der Waals surface area contributed by atoms with E-state index < -0.39 is 0 Å². The van der Waals surface area contributed by atoms with Crippen molar-refractivity contribution < 1.29 is 4.79 Å².